The number of rotatable bonds is 6. The molecule has 7 heteroatoms. The fraction of sp³-hybridized carbons (Fsp3) is 0.385. The summed E-state index contributed by atoms with van der Waals surface area (Å²) in [6, 6.07) is 4.40. The molecule has 0 radical (unpaired) electrons. The minimum atomic E-state index is -3.04. The highest BCUT2D eigenvalue weighted by molar-refractivity contribution is 5.73. The van der Waals surface area contributed by atoms with Gasteiger partial charge < -0.3 is 15.2 Å². The van der Waals surface area contributed by atoms with Crippen molar-refractivity contribution in [2.75, 3.05) is 6.61 Å². The van der Waals surface area contributed by atoms with Crippen molar-refractivity contribution in [3.8, 4) is 11.8 Å². The number of nitriles is 1. The minimum absolute atomic E-state index is 0.0947. The van der Waals surface area contributed by atoms with E-state index in [0.717, 1.165) is 0 Å². The van der Waals surface area contributed by atoms with Gasteiger partial charge in [-0.25, -0.2) is 0 Å². The van der Waals surface area contributed by atoms with Crippen LogP contribution in [0.1, 0.15) is 23.6 Å². The maximum atomic E-state index is 12.3. The van der Waals surface area contributed by atoms with Crippen molar-refractivity contribution in [2.45, 2.75) is 26.5 Å². The van der Waals surface area contributed by atoms with Crippen molar-refractivity contribution < 1.29 is 23.0 Å². The number of hydrogen-bond acceptors (Lipinski definition) is 5. The number of nitrogens with two attached hydrogens (primary N) is 1. The summed E-state index contributed by atoms with van der Waals surface area (Å²) in [5, 5.41) is 8.88. The predicted octanol–water partition coefficient (Wildman–Crippen LogP) is 1.72. The predicted molar refractivity (Wildman–Crippen MR) is 66.0 cm³/mol. The highest BCUT2D eigenvalue weighted by Gasteiger charge is 2.17. The Labute approximate surface area is 114 Å². The van der Waals surface area contributed by atoms with E-state index in [1.54, 1.807) is 6.92 Å². The van der Waals surface area contributed by atoms with Crippen LogP contribution in [-0.2, 0) is 22.5 Å². The molecule has 0 saturated heterocycles. The van der Waals surface area contributed by atoms with Crippen LogP contribution in [0.5, 0.6) is 5.75 Å². The number of ether oxygens (including phenoxy) is 2. The molecule has 5 nitrogen and oxygen atoms in total. The molecule has 0 spiro atoms. The SMILES string of the molecule is CCOC(=O)Cc1cc(C#N)cc(OC(F)F)c1CN. The van der Waals surface area contributed by atoms with Gasteiger partial charge in [-0.15, -0.1) is 0 Å². The number of carbonyl (C=O) groups excluding carboxylic acids is 1. The Morgan fingerprint density at radius 2 is 2.20 bits per heavy atom. The third-order valence-electron chi connectivity index (χ3n) is 2.49. The average molecular weight is 284 g/mol. The van der Waals surface area contributed by atoms with E-state index >= 15 is 0 Å². The van der Waals surface area contributed by atoms with E-state index in [2.05, 4.69) is 4.74 Å². The third-order valence-corrected chi connectivity index (χ3v) is 2.49. The smallest absolute Gasteiger partial charge is 0.387 e. The van der Waals surface area contributed by atoms with Crippen LogP contribution in [-0.4, -0.2) is 19.2 Å². The first kappa shape index (κ1) is 15.9. The largest absolute Gasteiger partial charge is 0.466 e. The maximum absolute atomic E-state index is 12.3. The van der Waals surface area contributed by atoms with Gasteiger partial charge >= 0.3 is 12.6 Å². The number of esters is 1. The second-order valence-corrected chi connectivity index (χ2v) is 3.79. The molecule has 0 heterocycles. The molecule has 0 aliphatic heterocycles. The first-order chi connectivity index (χ1) is 9.51. The molecule has 0 saturated carbocycles. The molecule has 0 bridgehead atoms. The fourth-order valence-corrected chi connectivity index (χ4v) is 1.73. The van der Waals surface area contributed by atoms with Crippen LogP contribution in [0.4, 0.5) is 8.78 Å². The average Bonchev–Trinajstić information content (AvgIpc) is 2.37. The summed E-state index contributed by atoms with van der Waals surface area (Å²) in [6.07, 6.45) is -0.157. The highest BCUT2D eigenvalue weighted by Crippen LogP contribution is 2.26. The van der Waals surface area contributed by atoms with Gasteiger partial charge in [-0.2, -0.15) is 14.0 Å². The molecule has 0 aromatic heterocycles. The van der Waals surface area contributed by atoms with Gasteiger partial charge in [-0.05, 0) is 24.6 Å². The molecule has 0 atom stereocenters. The molecular weight excluding hydrogens is 270 g/mol. The van der Waals surface area contributed by atoms with Gasteiger partial charge in [-0.1, -0.05) is 0 Å². The first-order valence-electron chi connectivity index (χ1n) is 5.88. The van der Waals surface area contributed by atoms with Gasteiger partial charge in [0.2, 0.25) is 0 Å². The quantitative estimate of drug-likeness (QED) is 0.804. The van der Waals surface area contributed by atoms with Crippen LogP contribution in [0.15, 0.2) is 12.1 Å². The molecule has 1 aromatic carbocycles. The molecule has 0 aliphatic carbocycles. The summed E-state index contributed by atoms with van der Waals surface area (Å²) in [4.78, 5) is 11.5. The zero-order valence-electron chi connectivity index (χ0n) is 10.9. The number of alkyl halides is 2. The number of carbonyl (C=O) groups is 1. The molecule has 2 N–H and O–H groups in total. The summed E-state index contributed by atoms with van der Waals surface area (Å²) >= 11 is 0. The lowest BCUT2D eigenvalue weighted by molar-refractivity contribution is -0.142. The van der Waals surface area contributed by atoms with Crippen LogP contribution < -0.4 is 10.5 Å². The van der Waals surface area contributed by atoms with Crippen LogP contribution in [0, 0.1) is 11.3 Å². The Balaban J connectivity index is 3.19. The van der Waals surface area contributed by atoms with E-state index in [1.807, 2.05) is 6.07 Å². The van der Waals surface area contributed by atoms with E-state index in [1.165, 1.54) is 12.1 Å². The van der Waals surface area contributed by atoms with Gasteiger partial charge in [0, 0.05) is 12.1 Å². The maximum Gasteiger partial charge on any atom is 0.387 e. The molecule has 1 rings (SSSR count). The number of hydrogen-bond donors (Lipinski definition) is 1. The van der Waals surface area contributed by atoms with E-state index < -0.39 is 12.6 Å². The summed E-state index contributed by atoms with van der Waals surface area (Å²) in [7, 11) is 0. The van der Waals surface area contributed by atoms with Crippen molar-refractivity contribution >= 4 is 5.97 Å². The lowest BCUT2D eigenvalue weighted by Gasteiger charge is -2.14. The fourth-order valence-electron chi connectivity index (χ4n) is 1.73. The van der Waals surface area contributed by atoms with Gasteiger partial charge in [0.25, 0.3) is 0 Å². The number of benzene rings is 1. The molecule has 0 amide bonds. The molecule has 1 aromatic rings. The standard InChI is InChI=1S/C13H14F2N2O3/c1-2-19-12(18)5-9-3-8(6-16)4-11(10(9)7-17)20-13(14)15/h3-4,13H,2,5,7,17H2,1H3. The monoisotopic (exact) mass is 284 g/mol. The van der Waals surface area contributed by atoms with E-state index in [-0.39, 0.29) is 36.4 Å². The molecule has 20 heavy (non-hydrogen) atoms. The Hall–Kier alpha value is -2.20. The summed E-state index contributed by atoms with van der Waals surface area (Å²) in [6.45, 7) is -1.28. The van der Waals surface area contributed by atoms with Gasteiger partial charge in [0.15, 0.2) is 0 Å². The van der Waals surface area contributed by atoms with Crippen molar-refractivity contribution in [3.05, 3.63) is 28.8 Å². The Bertz CT molecular complexity index is 527. The van der Waals surface area contributed by atoms with Crippen LogP contribution in [0.25, 0.3) is 0 Å². The van der Waals surface area contributed by atoms with Gasteiger partial charge in [0.05, 0.1) is 24.7 Å². The normalized spacial score (nSPS) is 10.2. The molecule has 0 fully saturated rings. The van der Waals surface area contributed by atoms with Crippen molar-refractivity contribution in [1.29, 1.82) is 5.26 Å². The second kappa shape index (κ2) is 7.40. The number of nitrogens with zero attached hydrogens (tertiary/aromatic N) is 1. The Morgan fingerprint density at radius 1 is 1.50 bits per heavy atom. The Kier molecular flexibility index (Phi) is 5.87. The number of halogens is 2. The lowest BCUT2D eigenvalue weighted by atomic mass is 10.0. The van der Waals surface area contributed by atoms with Crippen LogP contribution >= 0.6 is 0 Å². The van der Waals surface area contributed by atoms with Crippen molar-refractivity contribution in [3.63, 3.8) is 0 Å². The summed E-state index contributed by atoms with van der Waals surface area (Å²) in [5.74, 6) is -0.721. The van der Waals surface area contributed by atoms with Crippen molar-refractivity contribution in [2.24, 2.45) is 5.73 Å². The lowest BCUT2D eigenvalue weighted by Crippen LogP contribution is -2.14. The van der Waals surface area contributed by atoms with Crippen LogP contribution in [0.2, 0.25) is 0 Å². The molecule has 0 aliphatic rings. The third kappa shape index (κ3) is 4.17. The highest BCUT2D eigenvalue weighted by atomic mass is 19.3. The van der Waals surface area contributed by atoms with E-state index in [4.69, 9.17) is 15.7 Å². The van der Waals surface area contributed by atoms with Crippen molar-refractivity contribution in [1.82, 2.24) is 0 Å². The topological polar surface area (TPSA) is 85.3 Å². The van der Waals surface area contributed by atoms with E-state index in [9.17, 15) is 13.6 Å². The summed E-state index contributed by atoms with van der Waals surface area (Å²) in [5.41, 5.74) is 6.23. The Morgan fingerprint density at radius 3 is 2.70 bits per heavy atom. The van der Waals surface area contributed by atoms with Gasteiger partial charge in [-0.3, -0.25) is 4.79 Å². The zero-order valence-corrected chi connectivity index (χ0v) is 10.9. The van der Waals surface area contributed by atoms with Crippen LogP contribution in [0.3, 0.4) is 0 Å². The zero-order chi connectivity index (χ0) is 15.1. The van der Waals surface area contributed by atoms with E-state index in [0.29, 0.717) is 5.56 Å². The second-order valence-electron chi connectivity index (χ2n) is 3.79. The molecule has 108 valence electrons. The molecule has 0 unspecified atom stereocenters. The molecular formula is C13H14F2N2O3. The summed E-state index contributed by atoms with van der Waals surface area (Å²) < 4.78 is 33.8. The first-order valence-corrected chi connectivity index (χ1v) is 5.88. The minimum Gasteiger partial charge on any atom is -0.466 e. The van der Waals surface area contributed by atoms with Gasteiger partial charge in [0.1, 0.15) is 5.75 Å².